The number of carbonyl (C=O) groups excluding carboxylic acids is 1. The number of hydrogen-bond acceptors (Lipinski definition) is 3. The molecule has 3 rings (SSSR count). The predicted octanol–water partition coefficient (Wildman–Crippen LogP) is 4.37. The molecule has 0 aromatic heterocycles. The number of hydrogen-bond donors (Lipinski definition) is 0. The Balaban J connectivity index is 2.36. The average molecular weight is 313 g/mol. The van der Waals surface area contributed by atoms with Gasteiger partial charge in [0.2, 0.25) is 0 Å². The van der Waals surface area contributed by atoms with E-state index in [1.807, 2.05) is 72.8 Å². The molecule has 0 fully saturated rings. The Labute approximate surface area is 140 Å². The van der Waals surface area contributed by atoms with Crippen molar-refractivity contribution in [3.63, 3.8) is 0 Å². The summed E-state index contributed by atoms with van der Waals surface area (Å²) in [4.78, 5) is 11.5. The Morgan fingerprint density at radius 1 is 1.04 bits per heavy atom. The number of carbonyl (C=O) groups is 1. The highest BCUT2D eigenvalue weighted by molar-refractivity contribution is 6.05. The zero-order valence-electron chi connectivity index (χ0n) is 13.2. The van der Waals surface area contributed by atoms with Crippen LogP contribution in [-0.4, -0.2) is 13.4 Å². The molecular weight excluding hydrogens is 298 g/mol. The van der Waals surface area contributed by atoms with Crippen molar-refractivity contribution >= 4 is 22.6 Å². The van der Waals surface area contributed by atoms with Gasteiger partial charge in [-0.3, -0.25) is 4.79 Å². The van der Waals surface area contributed by atoms with E-state index >= 15 is 0 Å². The smallest absolute Gasteiger partial charge is 0.161 e. The molecule has 0 amide bonds. The number of rotatable bonds is 4. The Morgan fingerprint density at radius 3 is 2.54 bits per heavy atom. The fourth-order valence-electron chi connectivity index (χ4n) is 2.82. The van der Waals surface area contributed by atoms with Crippen LogP contribution in [0, 0.1) is 11.3 Å². The molecule has 3 heteroatoms. The number of benzene rings is 3. The van der Waals surface area contributed by atoms with Crippen molar-refractivity contribution in [1.29, 1.82) is 5.26 Å². The third-order valence-corrected chi connectivity index (χ3v) is 3.93. The van der Waals surface area contributed by atoms with Crippen molar-refractivity contribution in [2.24, 2.45) is 0 Å². The van der Waals surface area contributed by atoms with Gasteiger partial charge in [0.25, 0.3) is 0 Å². The van der Waals surface area contributed by atoms with Gasteiger partial charge in [0.05, 0.1) is 7.11 Å². The first-order valence-electron chi connectivity index (χ1n) is 7.50. The zero-order chi connectivity index (χ0) is 16.9. The zero-order valence-corrected chi connectivity index (χ0v) is 13.2. The van der Waals surface area contributed by atoms with Gasteiger partial charge in [-0.2, -0.15) is 5.26 Å². The van der Waals surface area contributed by atoms with Gasteiger partial charge in [-0.05, 0) is 34.0 Å². The summed E-state index contributed by atoms with van der Waals surface area (Å²) in [5.74, 6) is 0.674. The second-order valence-corrected chi connectivity index (χ2v) is 5.28. The first-order valence-corrected chi connectivity index (χ1v) is 7.50. The number of nitrogens with zero attached hydrogens (tertiary/aromatic N) is 1. The molecule has 24 heavy (non-hydrogen) atoms. The molecule has 0 spiro atoms. The van der Waals surface area contributed by atoms with Crippen LogP contribution in [0.5, 0.6) is 5.75 Å². The summed E-state index contributed by atoms with van der Waals surface area (Å²) in [6.07, 6.45) is 0.608. The molecule has 116 valence electrons. The van der Waals surface area contributed by atoms with E-state index in [1.165, 1.54) is 0 Å². The van der Waals surface area contributed by atoms with Crippen molar-refractivity contribution in [2.45, 2.75) is 0 Å². The molecule has 0 saturated carbocycles. The molecule has 0 atom stereocenters. The summed E-state index contributed by atoms with van der Waals surface area (Å²) in [5, 5.41) is 11.5. The minimum Gasteiger partial charge on any atom is -0.497 e. The Hall–Kier alpha value is -3.38. The van der Waals surface area contributed by atoms with Crippen molar-refractivity contribution in [1.82, 2.24) is 0 Å². The highest BCUT2D eigenvalue weighted by Crippen LogP contribution is 2.33. The Bertz CT molecular complexity index is 975. The minimum absolute atomic E-state index is 0.0969. The summed E-state index contributed by atoms with van der Waals surface area (Å²) in [6, 6.07) is 23.2. The molecule has 0 bridgehead atoms. The molecule has 0 unspecified atom stereocenters. The van der Waals surface area contributed by atoms with Crippen LogP contribution < -0.4 is 4.74 Å². The molecule has 0 N–H and O–H groups in total. The van der Waals surface area contributed by atoms with Gasteiger partial charge in [0.1, 0.15) is 17.4 Å². The van der Waals surface area contributed by atoms with Crippen LogP contribution in [0.15, 0.2) is 72.3 Å². The number of aldehydes is 1. The topological polar surface area (TPSA) is 50.1 Å². The molecule has 0 aliphatic heterocycles. The van der Waals surface area contributed by atoms with Crippen LogP contribution in [0.2, 0.25) is 0 Å². The van der Waals surface area contributed by atoms with E-state index in [9.17, 15) is 10.1 Å². The predicted molar refractivity (Wildman–Crippen MR) is 94.6 cm³/mol. The van der Waals surface area contributed by atoms with Crippen LogP contribution in [0.1, 0.15) is 11.1 Å². The molecule has 0 aliphatic rings. The van der Waals surface area contributed by atoms with E-state index in [2.05, 4.69) is 0 Å². The van der Waals surface area contributed by atoms with E-state index in [0.29, 0.717) is 17.6 Å². The maximum Gasteiger partial charge on any atom is 0.161 e. The maximum absolute atomic E-state index is 11.5. The molecular formula is C21H15NO2. The molecule has 0 aliphatic carbocycles. The summed E-state index contributed by atoms with van der Waals surface area (Å²) in [5.41, 5.74) is 2.34. The maximum atomic E-state index is 11.5. The lowest BCUT2D eigenvalue weighted by atomic mass is 9.90. The average Bonchev–Trinajstić information content (AvgIpc) is 2.65. The van der Waals surface area contributed by atoms with Crippen molar-refractivity contribution in [3.8, 4) is 11.8 Å². The minimum atomic E-state index is 0.0969. The van der Waals surface area contributed by atoms with Gasteiger partial charge in [-0.25, -0.2) is 0 Å². The van der Waals surface area contributed by atoms with Gasteiger partial charge >= 0.3 is 0 Å². The largest absolute Gasteiger partial charge is 0.497 e. The van der Waals surface area contributed by atoms with Crippen LogP contribution in [0.25, 0.3) is 16.3 Å². The van der Waals surface area contributed by atoms with E-state index < -0.39 is 0 Å². The number of methoxy groups -OCH3 is 1. The van der Waals surface area contributed by atoms with Gasteiger partial charge in [0, 0.05) is 5.57 Å². The monoisotopic (exact) mass is 313 g/mol. The fourth-order valence-corrected chi connectivity index (χ4v) is 2.82. The van der Waals surface area contributed by atoms with Crippen LogP contribution in [0.4, 0.5) is 0 Å². The van der Waals surface area contributed by atoms with Crippen molar-refractivity contribution in [2.75, 3.05) is 7.11 Å². The standard InChI is InChI=1S/C21H15NO2/c1-24-18-9-4-8-16(12-18)21(17(13-22)14-23)20-11-5-7-15-6-2-3-10-19(15)20/h2-12,14H,1H3/b21-17+. The molecule has 0 heterocycles. The first-order chi connectivity index (χ1) is 11.8. The van der Waals surface area contributed by atoms with E-state index in [0.717, 1.165) is 21.9 Å². The van der Waals surface area contributed by atoms with E-state index in [-0.39, 0.29) is 5.57 Å². The van der Waals surface area contributed by atoms with Crippen LogP contribution in [0.3, 0.4) is 0 Å². The molecule has 0 saturated heterocycles. The summed E-state index contributed by atoms with van der Waals surface area (Å²) >= 11 is 0. The second-order valence-electron chi connectivity index (χ2n) is 5.28. The third-order valence-electron chi connectivity index (χ3n) is 3.93. The lowest BCUT2D eigenvalue weighted by Crippen LogP contribution is -1.97. The van der Waals surface area contributed by atoms with E-state index in [4.69, 9.17) is 4.74 Å². The Kier molecular flexibility index (Phi) is 4.40. The first kappa shape index (κ1) is 15.5. The summed E-state index contributed by atoms with van der Waals surface area (Å²) in [7, 11) is 1.59. The highest BCUT2D eigenvalue weighted by atomic mass is 16.5. The van der Waals surface area contributed by atoms with E-state index in [1.54, 1.807) is 7.11 Å². The number of nitriles is 1. The quantitative estimate of drug-likeness (QED) is 0.408. The summed E-state index contributed by atoms with van der Waals surface area (Å²) in [6.45, 7) is 0. The number of fused-ring (bicyclic) bond motifs is 1. The van der Waals surface area contributed by atoms with Crippen molar-refractivity contribution in [3.05, 3.63) is 83.4 Å². The van der Waals surface area contributed by atoms with Gasteiger partial charge in [0.15, 0.2) is 6.29 Å². The molecule has 3 aromatic carbocycles. The number of ether oxygens (including phenoxy) is 1. The van der Waals surface area contributed by atoms with Gasteiger partial charge in [-0.15, -0.1) is 0 Å². The lowest BCUT2D eigenvalue weighted by Gasteiger charge is -2.13. The normalized spacial score (nSPS) is 11.5. The van der Waals surface area contributed by atoms with Gasteiger partial charge in [-0.1, -0.05) is 54.6 Å². The highest BCUT2D eigenvalue weighted by Gasteiger charge is 2.15. The van der Waals surface area contributed by atoms with Gasteiger partial charge < -0.3 is 4.74 Å². The third kappa shape index (κ3) is 2.78. The van der Waals surface area contributed by atoms with Crippen molar-refractivity contribution < 1.29 is 9.53 Å². The number of allylic oxidation sites excluding steroid dienone is 1. The van der Waals surface area contributed by atoms with Crippen LogP contribution >= 0.6 is 0 Å². The fraction of sp³-hybridized carbons (Fsp3) is 0.0476. The summed E-state index contributed by atoms with van der Waals surface area (Å²) < 4.78 is 5.28. The van der Waals surface area contributed by atoms with Crippen LogP contribution in [-0.2, 0) is 4.79 Å². The Morgan fingerprint density at radius 2 is 1.79 bits per heavy atom. The SMILES string of the molecule is COc1cccc(/C(=C(/C#N)C=O)c2cccc3ccccc23)c1. The molecule has 3 aromatic rings. The molecule has 3 nitrogen and oxygen atoms in total. The second kappa shape index (κ2) is 6.80. The lowest BCUT2D eigenvalue weighted by molar-refractivity contribution is -0.104. The molecule has 0 radical (unpaired) electrons.